The summed E-state index contributed by atoms with van der Waals surface area (Å²) in [6, 6.07) is -1.18. The monoisotopic (exact) mass is 323 g/mol. The zero-order valence-electron chi connectivity index (χ0n) is 12.2. The summed E-state index contributed by atoms with van der Waals surface area (Å²) in [7, 11) is 1.05. The second-order valence-corrected chi connectivity index (χ2v) is 5.08. The predicted molar refractivity (Wildman–Crippen MR) is 69.6 cm³/mol. The highest BCUT2D eigenvalue weighted by atomic mass is 16.7. The number of hydrogen-bond donors (Lipinski definition) is 6. The number of methoxy groups -OCH3 is 1. The number of nitrogens with one attached hydrogen (secondary N) is 1. The maximum Gasteiger partial charge on any atom is 0.364 e. The summed E-state index contributed by atoms with van der Waals surface area (Å²) in [5, 5.41) is 50.1. The van der Waals surface area contributed by atoms with Crippen LogP contribution in [0.2, 0.25) is 0 Å². The van der Waals surface area contributed by atoms with Crippen molar-refractivity contribution in [3.63, 3.8) is 0 Å². The van der Waals surface area contributed by atoms with Gasteiger partial charge in [0.05, 0.1) is 18.8 Å². The van der Waals surface area contributed by atoms with Crippen LogP contribution in [0.5, 0.6) is 0 Å². The highest BCUT2D eigenvalue weighted by Crippen LogP contribution is 2.32. The molecule has 0 radical (unpaired) electrons. The molecule has 22 heavy (non-hydrogen) atoms. The lowest BCUT2D eigenvalue weighted by atomic mass is 9.88. The first-order valence-corrected chi connectivity index (χ1v) is 6.57. The van der Waals surface area contributed by atoms with E-state index in [4.69, 9.17) is 14.6 Å². The maximum atomic E-state index is 11.3. The molecule has 1 aliphatic rings. The van der Waals surface area contributed by atoms with Gasteiger partial charge in [0.2, 0.25) is 5.91 Å². The van der Waals surface area contributed by atoms with Crippen LogP contribution < -0.4 is 5.32 Å². The average molecular weight is 323 g/mol. The van der Waals surface area contributed by atoms with Crippen LogP contribution in [0, 0.1) is 0 Å². The summed E-state index contributed by atoms with van der Waals surface area (Å²) in [6.45, 7) is 0.338. The number of rotatable bonds is 6. The van der Waals surface area contributed by atoms with Crippen LogP contribution in [0.25, 0.3) is 0 Å². The molecule has 0 aromatic rings. The molecule has 0 unspecified atom stereocenters. The molecule has 0 aromatic carbocycles. The fourth-order valence-electron chi connectivity index (χ4n) is 2.34. The lowest BCUT2D eigenvalue weighted by Gasteiger charge is -2.46. The molecule has 10 nitrogen and oxygen atoms in total. The number of carboxylic acids is 1. The maximum absolute atomic E-state index is 11.3. The van der Waals surface area contributed by atoms with Gasteiger partial charge < -0.3 is 40.3 Å². The Labute approximate surface area is 126 Å². The van der Waals surface area contributed by atoms with Crippen molar-refractivity contribution in [2.45, 2.75) is 49.6 Å². The predicted octanol–water partition coefficient (Wildman–Crippen LogP) is -3.22. The van der Waals surface area contributed by atoms with Gasteiger partial charge in [-0.1, -0.05) is 0 Å². The molecule has 1 heterocycles. The van der Waals surface area contributed by atoms with Crippen LogP contribution >= 0.6 is 0 Å². The van der Waals surface area contributed by atoms with Crippen molar-refractivity contribution < 1.29 is 44.6 Å². The molecule has 1 aliphatic heterocycles. The van der Waals surface area contributed by atoms with Crippen molar-refractivity contribution in [1.29, 1.82) is 0 Å². The minimum atomic E-state index is -2.24. The first-order valence-electron chi connectivity index (χ1n) is 6.57. The highest BCUT2D eigenvalue weighted by molar-refractivity contribution is 5.76. The van der Waals surface area contributed by atoms with Gasteiger partial charge in [-0.25, -0.2) is 4.79 Å². The number of ether oxygens (including phenoxy) is 2. The molecule has 0 saturated carbocycles. The van der Waals surface area contributed by atoms with E-state index in [-0.39, 0.29) is 0 Å². The third kappa shape index (κ3) is 3.72. The Morgan fingerprint density at radius 3 is 2.45 bits per heavy atom. The molecular formula is C12H21NO9. The van der Waals surface area contributed by atoms with E-state index < -0.39 is 61.1 Å². The van der Waals surface area contributed by atoms with E-state index in [0.717, 1.165) is 14.0 Å². The van der Waals surface area contributed by atoms with Gasteiger partial charge in [0.15, 0.2) is 0 Å². The van der Waals surface area contributed by atoms with Crippen molar-refractivity contribution >= 4 is 11.9 Å². The van der Waals surface area contributed by atoms with Crippen LogP contribution in [0.3, 0.4) is 0 Å². The Morgan fingerprint density at radius 2 is 2.05 bits per heavy atom. The Morgan fingerprint density at radius 1 is 1.45 bits per heavy atom. The lowest BCUT2D eigenvalue weighted by molar-refractivity contribution is -0.303. The van der Waals surface area contributed by atoms with Crippen LogP contribution in [0.15, 0.2) is 0 Å². The molecule has 1 fully saturated rings. The third-order valence-corrected chi connectivity index (χ3v) is 3.52. The summed E-state index contributed by atoms with van der Waals surface area (Å²) >= 11 is 0. The van der Waals surface area contributed by atoms with Gasteiger partial charge in [-0.2, -0.15) is 0 Å². The minimum absolute atomic E-state index is 0.498. The first kappa shape index (κ1) is 18.7. The first-order chi connectivity index (χ1) is 10.2. The zero-order valence-corrected chi connectivity index (χ0v) is 12.2. The number of hydrogen-bond acceptors (Lipinski definition) is 8. The Balaban J connectivity index is 3.14. The molecule has 0 aromatic heterocycles. The summed E-state index contributed by atoms with van der Waals surface area (Å²) in [4.78, 5) is 22.6. The van der Waals surface area contributed by atoms with Crippen LogP contribution in [-0.2, 0) is 19.1 Å². The number of amides is 1. The van der Waals surface area contributed by atoms with Crippen molar-refractivity contribution in [3.8, 4) is 0 Å². The zero-order chi connectivity index (χ0) is 17.1. The van der Waals surface area contributed by atoms with Crippen LogP contribution in [0.4, 0.5) is 0 Å². The second kappa shape index (κ2) is 7.31. The Kier molecular flexibility index (Phi) is 6.23. The molecule has 0 spiro atoms. The number of aliphatic hydroxyl groups is 4. The summed E-state index contributed by atoms with van der Waals surface area (Å²) in [6.07, 6.45) is -6.84. The second-order valence-electron chi connectivity index (χ2n) is 5.08. The molecule has 6 N–H and O–H groups in total. The summed E-state index contributed by atoms with van der Waals surface area (Å²) < 4.78 is 10.0. The van der Waals surface area contributed by atoms with E-state index in [2.05, 4.69) is 5.32 Å². The molecule has 6 atom stereocenters. The summed E-state index contributed by atoms with van der Waals surface area (Å²) in [5.41, 5.74) is 0. The average Bonchev–Trinajstić information content (AvgIpc) is 2.46. The Hall–Kier alpha value is -1.30. The number of aliphatic carboxylic acids is 1. The fourth-order valence-corrected chi connectivity index (χ4v) is 2.34. The Bertz CT molecular complexity index is 417. The minimum Gasteiger partial charge on any atom is -0.477 e. The molecule has 1 saturated heterocycles. The topological polar surface area (TPSA) is 166 Å². The molecule has 0 bridgehead atoms. The fraction of sp³-hybridized carbons (Fsp3) is 0.833. The lowest BCUT2D eigenvalue weighted by Crippen LogP contribution is -2.67. The SMILES string of the molecule is CO[C@@]1(C(=O)O)C[C@H](O)[C@@H](NC(C)=O)[C@H]([C@H](O)[C@H](O)CO)O1. The van der Waals surface area contributed by atoms with E-state index >= 15 is 0 Å². The smallest absolute Gasteiger partial charge is 0.364 e. The van der Waals surface area contributed by atoms with E-state index in [1.807, 2.05) is 0 Å². The quantitative estimate of drug-likeness (QED) is 0.295. The normalized spacial score (nSPS) is 34.7. The molecule has 1 amide bonds. The van der Waals surface area contributed by atoms with Crippen molar-refractivity contribution in [1.82, 2.24) is 5.32 Å². The van der Waals surface area contributed by atoms with Gasteiger partial charge >= 0.3 is 5.97 Å². The molecule has 0 aliphatic carbocycles. The van der Waals surface area contributed by atoms with Crippen molar-refractivity contribution in [3.05, 3.63) is 0 Å². The number of carbonyl (C=O) groups is 2. The number of aliphatic hydroxyl groups excluding tert-OH is 4. The standard InChI is InChI=1S/C12H21NO9/c1-5(15)13-8-6(16)3-12(21-2,11(19)20)22-10(8)9(18)7(17)4-14/h6-10,14,16-18H,3-4H2,1-2H3,(H,13,15)(H,19,20)/t6-,7+,8+,9+,10+,12-/m0/s1. The van der Waals surface area contributed by atoms with Gasteiger partial charge in [-0.3, -0.25) is 4.79 Å². The van der Waals surface area contributed by atoms with E-state index in [0.29, 0.717) is 0 Å². The van der Waals surface area contributed by atoms with Gasteiger partial charge in [0.1, 0.15) is 18.3 Å². The van der Waals surface area contributed by atoms with Gasteiger partial charge in [-0.05, 0) is 0 Å². The summed E-state index contributed by atoms with van der Waals surface area (Å²) in [5.74, 6) is -4.33. The number of carboxylic acid groups (broad SMARTS) is 1. The highest BCUT2D eigenvalue weighted by Gasteiger charge is 2.55. The molecular weight excluding hydrogens is 302 g/mol. The van der Waals surface area contributed by atoms with Crippen LogP contribution in [-0.4, -0.2) is 87.4 Å². The largest absolute Gasteiger partial charge is 0.477 e. The number of carbonyl (C=O) groups excluding carboxylic acids is 1. The third-order valence-electron chi connectivity index (χ3n) is 3.52. The van der Waals surface area contributed by atoms with Crippen molar-refractivity contribution in [2.75, 3.05) is 13.7 Å². The van der Waals surface area contributed by atoms with Crippen LogP contribution in [0.1, 0.15) is 13.3 Å². The van der Waals surface area contributed by atoms with E-state index in [1.54, 1.807) is 0 Å². The van der Waals surface area contributed by atoms with E-state index in [9.17, 15) is 30.0 Å². The molecule has 10 heteroatoms. The van der Waals surface area contributed by atoms with Crippen molar-refractivity contribution in [2.24, 2.45) is 0 Å². The van der Waals surface area contributed by atoms with Gasteiger partial charge in [0, 0.05) is 20.5 Å². The molecule has 1 rings (SSSR count). The van der Waals surface area contributed by atoms with E-state index in [1.165, 1.54) is 0 Å². The molecule has 128 valence electrons. The van der Waals surface area contributed by atoms with Gasteiger partial charge in [0.25, 0.3) is 5.79 Å². The van der Waals surface area contributed by atoms with Gasteiger partial charge in [-0.15, -0.1) is 0 Å².